The summed E-state index contributed by atoms with van der Waals surface area (Å²) in [7, 11) is 1.54. The molecule has 0 fully saturated rings. The molecule has 0 N–H and O–H groups in total. The molecule has 13 heavy (non-hydrogen) atoms. The summed E-state index contributed by atoms with van der Waals surface area (Å²) in [5, 5.41) is -0.479. The zero-order valence-electron chi connectivity index (χ0n) is 7.63. The molecule has 3 heteroatoms. The normalized spacial score (nSPS) is 9.77. The van der Waals surface area contributed by atoms with E-state index >= 15 is 0 Å². The molecule has 0 bridgehead atoms. The minimum Gasteiger partial charge on any atom is -0.496 e. The van der Waals surface area contributed by atoms with Gasteiger partial charge in [0.15, 0.2) is 0 Å². The van der Waals surface area contributed by atoms with Crippen LogP contribution < -0.4 is 4.74 Å². The Morgan fingerprint density at radius 1 is 1.54 bits per heavy atom. The first-order chi connectivity index (χ1) is 6.20. The van der Waals surface area contributed by atoms with Crippen molar-refractivity contribution in [3.8, 4) is 5.75 Å². The first-order valence-electron chi connectivity index (χ1n) is 4.06. The number of carbonyl (C=O) groups is 1. The molecule has 1 aromatic rings. The van der Waals surface area contributed by atoms with E-state index in [-0.39, 0.29) is 0 Å². The second kappa shape index (κ2) is 4.28. The number of halogens is 1. The second-order valence-corrected chi connectivity index (χ2v) is 2.97. The lowest BCUT2D eigenvalue weighted by Crippen LogP contribution is -1.98. The summed E-state index contributed by atoms with van der Waals surface area (Å²) in [5.41, 5.74) is 1.43. The Balaban J connectivity index is 3.27. The number of aryl methyl sites for hydroxylation is 1. The van der Waals surface area contributed by atoms with Gasteiger partial charge in [0.05, 0.1) is 12.7 Å². The van der Waals surface area contributed by atoms with Crippen molar-refractivity contribution in [2.45, 2.75) is 13.3 Å². The van der Waals surface area contributed by atoms with Crippen LogP contribution >= 0.6 is 11.6 Å². The standard InChI is InChI=1S/C10H11ClO2/c1-3-7-5-4-6-8(10(11)12)9(7)13-2/h4-6H,3H2,1-2H3. The van der Waals surface area contributed by atoms with Crippen molar-refractivity contribution in [2.75, 3.05) is 7.11 Å². The third kappa shape index (κ3) is 2.01. The summed E-state index contributed by atoms with van der Waals surface area (Å²) in [6, 6.07) is 5.38. The molecule has 70 valence electrons. The zero-order valence-corrected chi connectivity index (χ0v) is 8.39. The molecular formula is C10H11ClO2. The van der Waals surface area contributed by atoms with E-state index in [0.29, 0.717) is 11.3 Å². The van der Waals surface area contributed by atoms with Gasteiger partial charge < -0.3 is 4.74 Å². The van der Waals surface area contributed by atoms with Gasteiger partial charge in [-0.1, -0.05) is 19.1 Å². The van der Waals surface area contributed by atoms with Crippen LogP contribution in [0.15, 0.2) is 18.2 Å². The fourth-order valence-corrected chi connectivity index (χ4v) is 1.41. The van der Waals surface area contributed by atoms with Crippen molar-refractivity contribution < 1.29 is 9.53 Å². The number of ether oxygens (including phenoxy) is 1. The molecule has 0 aromatic heterocycles. The van der Waals surface area contributed by atoms with Crippen molar-refractivity contribution in [2.24, 2.45) is 0 Å². The third-order valence-electron chi connectivity index (χ3n) is 1.89. The van der Waals surface area contributed by atoms with E-state index in [4.69, 9.17) is 16.3 Å². The minimum atomic E-state index is -0.479. The molecule has 0 aliphatic rings. The average Bonchev–Trinajstić information content (AvgIpc) is 2.16. The Hall–Kier alpha value is -1.02. The fraction of sp³-hybridized carbons (Fsp3) is 0.300. The van der Waals surface area contributed by atoms with E-state index in [9.17, 15) is 4.79 Å². The SMILES string of the molecule is CCc1cccc(C(=O)Cl)c1OC. The zero-order chi connectivity index (χ0) is 9.84. The lowest BCUT2D eigenvalue weighted by Gasteiger charge is -2.09. The molecule has 0 amide bonds. The lowest BCUT2D eigenvalue weighted by molar-refractivity contribution is 0.107. The predicted molar refractivity (Wildman–Crippen MR) is 52.6 cm³/mol. The van der Waals surface area contributed by atoms with Crippen LogP contribution in [0.25, 0.3) is 0 Å². The Kier molecular flexibility index (Phi) is 3.32. The molecule has 0 saturated carbocycles. The number of hydrogen-bond donors (Lipinski definition) is 0. The van der Waals surface area contributed by atoms with E-state index < -0.39 is 5.24 Å². The molecule has 2 nitrogen and oxygen atoms in total. The maximum Gasteiger partial charge on any atom is 0.256 e. The van der Waals surface area contributed by atoms with Crippen LogP contribution in [-0.2, 0) is 6.42 Å². The highest BCUT2D eigenvalue weighted by molar-refractivity contribution is 6.68. The Morgan fingerprint density at radius 2 is 2.23 bits per heavy atom. The highest BCUT2D eigenvalue weighted by Gasteiger charge is 2.11. The number of benzene rings is 1. The van der Waals surface area contributed by atoms with Gasteiger partial charge in [0.2, 0.25) is 0 Å². The maximum absolute atomic E-state index is 11.0. The van der Waals surface area contributed by atoms with Crippen LogP contribution in [0.2, 0.25) is 0 Å². The van der Waals surface area contributed by atoms with Crippen LogP contribution in [0.5, 0.6) is 5.75 Å². The van der Waals surface area contributed by atoms with E-state index in [1.54, 1.807) is 12.1 Å². The van der Waals surface area contributed by atoms with Crippen LogP contribution in [0, 0.1) is 0 Å². The second-order valence-electron chi connectivity index (χ2n) is 2.63. The van der Waals surface area contributed by atoms with Gasteiger partial charge in [-0.15, -0.1) is 0 Å². The van der Waals surface area contributed by atoms with Gasteiger partial charge in [0.25, 0.3) is 5.24 Å². The van der Waals surface area contributed by atoms with E-state index in [0.717, 1.165) is 12.0 Å². The first-order valence-corrected chi connectivity index (χ1v) is 4.44. The molecule has 0 aliphatic carbocycles. The van der Waals surface area contributed by atoms with Crippen molar-refractivity contribution >= 4 is 16.8 Å². The molecule has 0 radical (unpaired) electrons. The Labute approximate surface area is 82.5 Å². The van der Waals surface area contributed by atoms with Crippen LogP contribution in [-0.4, -0.2) is 12.4 Å². The van der Waals surface area contributed by atoms with Crippen LogP contribution in [0.1, 0.15) is 22.8 Å². The van der Waals surface area contributed by atoms with Crippen molar-refractivity contribution in [1.82, 2.24) is 0 Å². The quantitative estimate of drug-likeness (QED) is 0.698. The first kappa shape index (κ1) is 10.1. The maximum atomic E-state index is 11.0. The van der Waals surface area contributed by atoms with Crippen molar-refractivity contribution in [3.63, 3.8) is 0 Å². The number of rotatable bonds is 3. The van der Waals surface area contributed by atoms with Gasteiger partial charge in [0, 0.05) is 0 Å². The molecule has 0 unspecified atom stereocenters. The summed E-state index contributed by atoms with van der Waals surface area (Å²) in [5.74, 6) is 0.588. The van der Waals surface area contributed by atoms with E-state index in [1.165, 1.54) is 7.11 Å². The molecule has 0 heterocycles. The van der Waals surface area contributed by atoms with Crippen LogP contribution in [0.3, 0.4) is 0 Å². The topological polar surface area (TPSA) is 26.3 Å². The summed E-state index contributed by atoms with van der Waals surface area (Å²) in [6.07, 6.45) is 0.821. The number of hydrogen-bond acceptors (Lipinski definition) is 2. The molecule has 0 aliphatic heterocycles. The molecule has 0 saturated heterocycles. The average molecular weight is 199 g/mol. The molecule has 0 spiro atoms. The van der Waals surface area contributed by atoms with E-state index in [2.05, 4.69) is 0 Å². The molecule has 1 rings (SSSR count). The number of para-hydroxylation sites is 1. The minimum absolute atomic E-state index is 0.434. The van der Waals surface area contributed by atoms with Gasteiger partial charge in [-0.25, -0.2) is 0 Å². The smallest absolute Gasteiger partial charge is 0.256 e. The van der Waals surface area contributed by atoms with Gasteiger partial charge in [-0.3, -0.25) is 4.79 Å². The highest BCUT2D eigenvalue weighted by atomic mass is 35.5. The fourth-order valence-electron chi connectivity index (χ4n) is 1.26. The summed E-state index contributed by atoms with van der Waals surface area (Å²) >= 11 is 5.40. The lowest BCUT2D eigenvalue weighted by atomic mass is 10.1. The van der Waals surface area contributed by atoms with E-state index in [1.807, 2.05) is 13.0 Å². The summed E-state index contributed by atoms with van der Waals surface area (Å²) in [4.78, 5) is 11.0. The molecular weight excluding hydrogens is 188 g/mol. The van der Waals surface area contributed by atoms with Crippen LogP contribution in [0.4, 0.5) is 0 Å². The highest BCUT2D eigenvalue weighted by Crippen LogP contribution is 2.25. The largest absolute Gasteiger partial charge is 0.496 e. The van der Waals surface area contributed by atoms with Gasteiger partial charge in [-0.05, 0) is 29.7 Å². The molecule has 0 atom stereocenters. The van der Waals surface area contributed by atoms with Gasteiger partial charge in [-0.2, -0.15) is 0 Å². The third-order valence-corrected chi connectivity index (χ3v) is 2.10. The van der Waals surface area contributed by atoms with Gasteiger partial charge >= 0.3 is 0 Å². The van der Waals surface area contributed by atoms with Crippen molar-refractivity contribution in [3.05, 3.63) is 29.3 Å². The van der Waals surface area contributed by atoms with Crippen molar-refractivity contribution in [1.29, 1.82) is 0 Å². The Morgan fingerprint density at radius 3 is 2.69 bits per heavy atom. The summed E-state index contributed by atoms with van der Waals surface area (Å²) in [6.45, 7) is 2.00. The summed E-state index contributed by atoms with van der Waals surface area (Å²) < 4.78 is 5.12. The number of carbonyl (C=O) groups excluding carboxylic acids is 1. The predicted octanol–water partition coefficient (Wildman–Crippen LogP) is 2.64. The number of methoxy groups -OCH3 is 1. The van der Waals surface area contributed by atoms with Gasteiger partial charge in [0.1, 0.15) is 5.75 Å². The Bertz CT molecular complexity index is 321. The monoisotopic (exact) mass is 198 g/mol. The molecule has 1 aromatic carbocycles.